The maximum atomic E-state index is 13.0. The largest absolute Gasteiger partial charge is 0.481 e. The van der Waals surface area contributed by atoms with E-state index in [0.29, 0.717) is 19.6 Å². The molecule has 1 saturated heterocycles. The molecule has 2 aliphatic carbocycles. The van der Waals surface area contributed by atoms with E-state index in [1.165, 1.54) is 22.3 Å². The number of ether oxygens (including phenoxy) is 1. The van der Waals surface area contributed by atoms with Gasteiger partial charge in [-0.3, -0.25) is 4.79 Å². The molecule has 2 aromatic carbocycles. The minimum Gasteiger partial charge on any atom is -0.481 e. The number of carboxylic acid groups (broad SMARTS) is 1. The highest BCUT2D eigenvalue weighted by Crippen LogP contribution is 2.44. The van der Waals surface area contributed by atoms with E-state index in [4.69, 9.17) is 4.74 Å². The molecule has 31 heavy (non-hydrogen) atoms. The monoisotopic (exact) mass is 417 g/mol. The second-order valence-corrected chi connectivity index (χ2v) is 8.73. The Morgan fingerprint density at radius 2 is 1.68 bits per heavy atom. The minimum absolute atomic E-state index is 0.0435. The van der Waals surface area contributed by atoms with E-state index in [-0.39, 0.29) is 18.1 Å². The van der Waals surface area contributed by atoms with E-state index in [9.17, 15) is 14.7 Å². The normalized spacial score (nSPS) is 23.7. The molecule has 0 spiro atoms. The number of likely N-dealkylation sites (tertiary alicyclic amines) is 1. The minimum atomic E-state index is -0.755. The second kappa shape index (κ2) is 8.22. The van der Waals surface area contributed by atoms with Crippen molar-refractivity contribution in [1.82, 2.24) is 4.90 Å². The van der Waals surface area contributed by atoms with Crippen LogP contribution in [0.3, 0.4) is 0 Å². The van der Waals surface area contributed by atoms with Crippen LogP contribution in [0.4, 0.5) is 4.79 Å². The topological polar surface area (TPSA) is 66.8 Å². The van der Waals surface area contributed by atoms with Crippen molar-refractivity contribution in [1.29, 1.82) is 0 Å². The van der Waals surface area contributed by atoms with Gasteiger partial charge in [0.2, 0.25) is 0 Å². The van der Waals surface area contributed by atoms with Crippen LogP contribution >= 0.6 is 0 Å². The second-order valence-electron chi connectivity index (χ2n) is 8.73. The number of fused-ring (bicyclic) bond motifs is 3. The third-order valence-corrected chi connectivity index (χ3v) is 6.98. The molecule has 1 aliphatic heterocycles. The van der Waals surface area contributed by atoms with Gasteiger partial charge in [-0.05, 0) is 54.4 Å². The van der Waals surface area contributed by atoms with Gasteiger partial charge in [-0.1, -0.05) is 60.2 Å². The first-order valence-electron chi connectivity index (χ1n) is 11.2. The van der Waals surface area contributed by atoms with Crippen molar-refractivity contribution in [2.24, 2.45) is 5.92 Å². The van der Waals surface area contributed by atoms with Gasteiger partial charge in [0, 0.05) is 12.5 Å². The Morgan fingerprint density at radius 3 is 2.35 bits per heavy atom. The van der Waals surface area contributed by atoms with E-state index in [0.717, 1.165) is 31.3 Å². The van der Waals surface area contributed by atoms with Gasteiger partial charge < -0.3 is 14.7 Å². The van der Waals surface area contributed by atoms with Gasteiger partial charge >= 0.3 is 12.1 Å². The molecule has 1 saturated carbocycles. The van der Waals surface area contributed by atoms with Crippen molar-refractivity contribution in [2.45, 2.75) is 44.1 Å². The average Bonchev–Trinajstić information content (AvgIpc) is 3.50. The summed E-state index contributed by atoms with van der Waals surface area (Å²) in [5, 5.41) is 9.45. The number of hydrogen-bond donors (Lipinski definition) is 1. The van der Waals surface area contributed by atoms with Crippen molar-refractivity contribution in [3.8, 4) is 11.1 Å². The summed E-state index contributed by atoms with van der Waals surface area (Å²) in [6.07, 6.45) is 5.91. The predicted molar refractivity (Wildman–Crippen MR) is 118 cm³/mol. The van der Waals surface area contributed by atoms with Crippen LogP contribution in [-0.2, 0) is 9.53 Å². The molecule has 1 amide bonds. The Balaban J connectivity index is 1.30. The summed E-state index contributed by atoms with van der Waals surface area (Å²) < 4.78 is 5.83. The van der Waals surface area contributed by atoms with Gasteiger partial charge in [-0.2, -0.15) is 0 Å². The predicted octanol–water partition coefficient (Wildman–Crippen LogP) is 5.21. The molecule has 0 radical (unpaired) electrons. The fourth-order valence-corrected chi connectivity index (χ4v) is 5.47. The van der Waals surface area contributed by atoms with Crippen LogP contribution in [0.2, 0.25) is 0 Å². The van der Waals surface area contributed by atoms with Crippen LogP contribution in [0, 0.1) is 5.92 Å². The van der Waals surface area contributed by atoms with E-state index in [1.807, 2.05) is 30.3 Å². The molecule has 5 nitrogen and oxygen atoms in total. The van der Waals surface area contributed by atoms with E-state index in [1.54, 1.807) is 4.90 Å². The van der Waals surface area contributed by atoms with Crippen molar-refractivity contribution < 1.29 is 19.4 Å². The molecule has 1 N–H and O–H groups in total. The van der Waals surface area contributed by atoms with Crippen molar-refractivity contribution in [3.63, 3.8) is 0 Å². The van der Waals surface area contributed by atoms with Crippen LogP contribution in [0.25, 0.3) is 11.1 Å². The van der Waals surface area contributed by atoms with Crippen molar-refractivity contribution in [3.05, 3.63) is 71.3 Å². The summed E-state index contributed by atoms with van der Waals surface area (Å²) in [7, 11) is 0. The number of hydrogen-bond acceptors (Lipinski definition) is 3. The average molecular weight is 418 g/mol. The Bertz CT molecular complexity index is 998. The van der Waals surface area contributed by atoms with E-state index >= 15 is 0 Å². The van der Waals surface area contributed by atoms with Crippen LogP contribution in [0.15, 0.2) is 60.2 Å². The number of benzene rings is 2. The molecule has 5 rings (SSSR count). The van der Waals surface area contributed by atoms with E-state index < -0.39 is 11.9 Å². The summed E-state index contributed by atoms with van der Waals surface area (Å²) in [4.78, 5) is 26.3. The van der Waals surface area contributed by atoms with Gasteiger partial charge in [0.05, 0.1) is 12.0 Å². The Labute approximate surface area is 182 Å². The third-order valence-electron chi connectivity index (χ3n) is 6.98. The lowest BCUT2D eigenvalue weighted by molar-refractivity contribution is -0.140. The number of aliphatic carboxylic acids is 1. The maximum Gasteiger partial charge on any atom is 0.410 e. The Hall–Kier alpha value is -3.08. The van der Waals surface area contributed by atoms with Gasteiger partial charge in [-0.15, -0.1) is 0 Å². The Kier molecular flexibility index (Phi) is 5.26. The van der Waals surface area contributed by atoms with E-state index in [2.05, 4.69) is 24.3 Å². The summed E-state index contributed by atoms with van der Waals surface area (Å²) in [6.45, 7) is 0.966. The molecule has 160 valence electrons. The molecule has 0 unspecified atom stereocenters. The molecule has 5 heteroatoms. The number of carbonyl (C=O) groups excluding carboxylic acids is 1. The van der Waals surface area contributed by atoms with Gasteiger partial charge in [0.15, 0.2) is 0 Å². The highest BCUT2D eigenvalue weighted by Gasteiger charge is 2.34. The first kappa shape index (κ1) is 19.9. The van der Waals surface area contributed by atoms with Crippen LogP contribution in [0.5, 0.6) is 0 Å². The van der Waals surface area contributed by atoms with Gasteiger partial charge in [-0.25, -0.2) is 4.79 Å². The highest BCUT2D eigenvalue weighted by molar-refractivity contribution is 5.79. The first-order valence-corrected chi connectivity index (χ1v) is 11.2. The lowest BCUT2D eigenvalue weighted by Crippen LogP contribution is -2.36. The molecule has 2 fully saturated rings. The first-order chi connectivity index (χ1) is 15.1. The number of carbonyl (C=O) groups is 2. The fraction of sp³-hybridized carbons (Fsp3) is 0.385. The standard InChI is InChI=1S/C26H27NO4/c28-25(29)19-13-5-7-17(19)15-18-8-6-14-27(18)26(30)31-16-24-22-11-3-1-9-20(22)21-10-2-4-12-23(21)24/h1-4,9-12,15,18-19,24H,5-8,13-14,16H2,(H,28,29)/b17-15+/t18-,19+/m0/s1. The SMILES string of the molecule is O=C(O)[C@@H]1CCC/C1=C\[C@@H]1CCCN1C(=O)OCC1c2ccccc2-c2ccccc21. The lowest BCUT2D eigenvalue weighted by Gasteiger charge is -2.24. The molecular formula is C26H27NO4. The van der Waals surface area contributed by atoms with Crippen LogP contribution in [-0.4, -0.2) is 41.3 Å². The summed E-state index contributed by atoms with van der Waals surface area (Å²) in [5.41, 5.74) is 5.79. The maximum absolute atomic E-state index is 13.0. The molecule has 2 aromatic rings. The number of nitrogens with zero attached hydrogens (tertiary/aromatic N) is 1. The summed E-state index contributed by atoms with van der Waals surface area (Å²) in [5.74, 6) is -1.11. The van der Waals surface area contributed by atoms with Gasteiger partial charge in [0.1, 0.15) is 6.61 Å². The molecule has 3 aliphatic rings. The number of amides is 1. The third kappa shape index (κ3) is 3.62. The zero-order chi connectivity index (χ0) is 21.4. The zero-order valence-corrected chi connectivity index (χ0v) is 17.5. The van der Waals surface area contributed by atoms with Crippen LogP contribution in [0.1, 0.15) is 49.1 Å². The molecule has 2 atom stereocenters. The van der Waals surface area contributed by atoms with Crippen molar-refractivity contribution in [2.75, 3.05) is 13.2 Å². The zero-order valence-electron chi connectivity index (χ0n) is 17.5. The lowest BCUT2D eigenvalue weighted by atomic mass is 9.98. The molecular weight excluding hydrogens is 390 g/mol. The fourth-order valence-electron chi connectivity index (χ4n) is 5.47. The highest BCUT2D eigenvalue weighted by atomic mass is 16.6. The van der Waals surface area contributed by atoms with Gasteiger partial charge in [0.25, 0.3) is 0 Å². The summed E-state index contributed by atoms with van der Waals surface area (Å²) >= 11 is 0. The summed E-state index contributed by atoms with van der Waals surface area (Å²) in [6, 6.07) is 16.6. The smallest absolute Gasteiger partial charge is 0.410 e. The molecule has 0 aromatic heterocycles. The number of rotatable bonds is 4. The Morgan fingerprint density at radius 1 is 1.00 bits per heavy atom. The molecule has 1 heterocycles. The van der Waals surface area contributed by atoms with Crippen LogP contribution < -0.4 is 0 Å². The molecule has 0 bridgehead atoms. The van der Waals surface area contributed by atoms with Crippen molar-refractivity contribution >= 4 is 12.1 Å². The quantitative estimate of drug-likeness (QED) is 0.694. The number of carboxylic acids is 1.